The van der Waals surface area contributed by atoms with E-state index in [1.807, 2.05) is 6.07 Å². The van der Waals surface area contributed by atoms with Crippen LogP contribution in [-0.4, -0.2) is 94.6 Å². The highest BCUT2D eigenvalue weighted by Gasteiger charge is 2.53. The van der Waals surface area contributed by atoms with E-state index in [0.717, 1.165) is 16.2 Å². The smallest absolute Gasteiger partial charge is 0.350 e. The van der Waals surface area contributed by atoms with Gasteiger partial charge in [-0.1, -0.05) is 11.2 Å². The summed E-state index contributed by atoms with van der Waals surface area (Å²) >= 11 is 2.32. The molecule has 20 heteroatoms. The lowest BCUT2D eigenvalue weighted by Gasteiger charge is -2.50. The quantitative estimate of drug-likeness (QED) is 0.101. The second-order valence-corrected chi connectivity index (χ2v) is 10.6. The van der Waals surface area contributed by atoms with Gasteiger partial charge in [0.1, 0.15) is 17.1 Å². The topological polar surface area (TPSA) is 349 Å². The lowest BCUT2D eigenvalue weighted by molar-refractivity contribution is -0.689. The van der Waals surface area contributed by atoms with Crippen molar-refractivity contribution < 1.29 is 66.2 Å². The molecule has 14 N–H and O–H groups in total. The van der Waals surface area contributed by atoms with Gasteiger partial charge in [-0.3, -0.25) is 14.5 Å². The number of carbonyl (C=O) groups excluding carboxylic acids is 3. The van der Waals surface area contributed by atoms with Gasteiger partial charge in [0.15, 0.2) is 29.8 Å². The Hall–Kier alpha value is -4.18. The number of fused-ring (bicyclic) bond motifs is 1. The molecule has 0 radical (unpaired) electrons. The van der Waals surface area contributed by atoms with Gasteiger partial charge in [0.2, 0.25) is 5.60 Å². The van der Waals surface area contributed by atoms with Gasteiger partial charge >= 0.3 is 5.97 Å². The molecule has 4 rings (SSSR count). The normalized spacial score (nSPS) is 17.3. The van der Waals surface area contributed by atoms with Crippen molar-refractivity contribution in [3.63, 3.8) is 0 Å². The first-order valence-electron chi connectivity index (χ1n) is 10.8. The number of pyridine rings is 1. The number of amides is 2. The maximum Gasteiger partial charge on any atom is 0.350 e. The second-order valence-electron chi connectivity index (χ2n) is 8.57. The number of rotatable bonds is 9. The van der Waals surface area contributed by atoms with E-state index in [0.29, 0.717) is 11.3 Å². The molecule has 42 heavy (non-hydrogen) atoms. The summed E-state index contributed by atoms with van der Waals surface area (Å²) in [6.07, 6.45) is 3.55. The lowest BCUT2D eigenvalue weighted by Crippen LogP contribution is -2.71. The first-order chi connectivity index (χ1) is 17.5. The zero-order chi connectivity index (χ0) is 26.9. The number of hydrogen-bond acceptors (Lipinski definition) is 11. The van der Waals surface area contributed by atoms with Gasteiger partial charge in [0, 0.05) is 28.8 Å². The van der Waals surface area contributed by atoms with Crippen LogP contribution in [0.5, 0.6) is 0 Å². The number of nitrogens with two attached hydrogens (primary N) is 1. The molecule has 2 amide bonds. The van der Waals surface area contributed by atoms with Crippen LogP contribution in [0.15, 0.2) is 52.4 Å². The number of carboxylic acid groups (broad SMARTS) is 2. The number of β-lactam (4-membered cyclic amide) rings is 1. The summed E-state index contributed by atoms with van der Waals surface area (Å²) in [6, 6.07) is 4.36. The maximum atomic E-state index is 13.1. The molecule has 2 unspecified atom stereocenters. The molecule has 0 aliphatic carbocycles. The molecule has 2 atom stereocenters. The van der Waals surface area contributed by atoms with E-state index in [-0.39, 0.29) is 56.2 Å². The Bertz CT molecular complexity index is 1330. The first kappa shape index (κ1) is 40.0. The Balaban J connectivity index is 0. The monoisotopic (exact) mass is 636 g/mol. The molecule has 1 saturated heterocycles. The number of aromatic nitrogens is 2. The van der Waals surface area contributed by atoms with Crippen molar-refractivity contribution in [3.05, 3.63) is 52.9 Å². The van der Waals surface area contributed by atoms with Crippen LogP contribution in [0, 0.1) is 0 Å². The number of carboxylic acids is 2. The first-order valence-corrected chi connectivity index (χ1v) is 12.8. The van der Waals surface area contributed by atoms with Crippen molar-refractivity contribution in [2.24, 2.45) is 5.16 Å². The van der Waals surface area contributed by atoms with Crippen LogP contribution in [0.1, 0.15) is 19.5 Å². The number of hydrogen-bond donors (Lipinski definition) is 3. The zero-order valence-corrected chi connectivity index (χ0v) is 23.7. The third kappa shape index (κ3) is 7.97. The number of carbonyl (C=O) groups is 4. The van der Waals surface area contributed by atoms with Gasteiger partial charge in [0.05, 0.1) is 11.7 Å². The average molecular weight is 637 g/mol. The van der Waals surface area contributed by atoms with Crippen molar-refractivity contribution in [2.45, 2.75) is 37.4 Å². The fourth-order valence-electron chi connectivity index (χ4n) is 3.56. The van der Waals surface area contributed by atoms with Crippen LogP contribution in [-0.2, 0) is 30.6 Å². The number of thiazole rings is 1. The van der Waals surface area contributed by atoms with Crippen molar-refractivity contribution in [3.8, 4) is 0 Å². The predicted octanol–water partition coefficient (Wildman–Crippen LogP) is -5.42. The van der Waals surface area contributed by atoms with Crippen LogP contribution >= 0.6 is 23.1 Å². The van der Waals surface area contributed by atoms with Gasteiger partial charge in [-0.2, -0.15) is 0 Å². The van der Waals surface area contributed by atoms with Gasteiger partial charge in [-0.25, -0.2) is 14.3 Å². The Labute approximate surface area is 246 Å². The number of anilines is 1. The summed E-state index contributed by atoms with van der Waals surface area (Å²) in [7, 11) is 0. The minimum atomic E-state index is -1.75. The van der Waals surface area contributed by atoms with Crippen LogP contribution < -0.4 is 20.7 Å². The Morgan fingerprint density at radius 2 is 1.83 bits per heavy atom. The second kappa shape index (κ2) is 15.7. The van der Waals surface area contributed by atoms with Crippen molar-refractivity contribution >= 4 is 57.7 Å². The van der Waals surface area contributed by atoms with Gasteiger partial charge < -0.3 is 58.3 Å². The van der Waals surface area contributed by atoms with Crippen molar-refractivity contribution in [1.82, 2.24) is 15.2 Å². The van der Waals surface area contributed by atoms with E-state index in [4.69, 9.17) is 10.6 Å². The number of nitrogen functional groups attached to an aromatic ring is 1. The lowest BCUT2D eigenvalue weighted by atomic mass is 10.0. The highest BCUT2D eigenvalue weighted by molar-refractivity contribution is 8.00. The third-order valence-corrected chi connectivity index (χ3v) is 7.55. The largest absolute Gasteiger partial charge is 0.543 e. The molecule has 1 fully saturated rings. The minimum Gasteiger partial charge on any atom is -0.543 e. The van der Waals surface area contributed by atoms with E-state index in [9.17, 15) is 29.4 Å². The molecule has 4 heterocycles. The summed E-state index contributed by atoms with van der Waals surface area (Å²) in [5, 5.41) is 28.4. The Kier molecular flexibility index (Phi) is 15.0. The maximum absolute atomic E-state index is 13.1. The summed E-state index contributed by atoms with van der Waals surface area (Å²) in [5.41, 5.74) is 3.83. The molecule has 2 aliphatic heterocycles. The molecule has 18 nitrogen and oxygen atoms in total. The predicted molar refractivity (Wildman–Crippen MR) is 148 cm³/mol. The number of oxime groups is 1. The van der Waals surface area contributed by atoms with Crippen LogP contribution in [0.2, 0.25) is 0 Å². The summed E-state index contributed by atoms with van der Waals surface area (Å²) < 4.78 is 1.78. The van der Waals surface area contributed by atoms with Gasteiger partial charge in [-0.15, -0.1) is 23.1 Å². The summed E-state index contributed by atoms with van der Waals surface area (Å²) in [4.78, 5) is 59.6. The van der Waals surface area contributed by atoms with E-state index in [1.165, 1.54) is 31.0 Å². The summed E-state index contributed by atoms with van der Waals surface area (Å²) in [6.45, 7) is 2.74. The standard InChI is InChI=1S/C22H22N6O7S2.5H2O/c1-22(2,20(33)34)35-26-13(12-10-37-21(23)24-12)16(29)25-14-17(30)28-15(19(31)32)11(9-36-18(14)28)8-27-6-4-3-5-7-27;;;;;/h3-7,10,14,18H,8-9H2,1-2H3,(H4-,23,24,25,29,31,32,33,34);5*1H2/b26-13+;;;;;. The van der Waals surface area contributed by atoms with E-state index in [1.54, 1.807) is 29.1 Å². The molecular weight excluding hydrogens is 604 g/mol. The van der Waals surface area contributed by atoms with Crippen molar-refractivity contribution in [2.75, 3.05) is 11.5 Å². The molecular formula is C22H32N6O12S2. The fourth-order valence-corrected chi connectivity index (χ4v) is 5.45. The summed E-state index contributed by atoms with van der Waals surface area (Å²) in [5.74, 6) is -4.01. The average Bonchev–Trinajstić information content (AvgIpc) is 3.28. The third-order valence-electron chi connectivity index (χ3n) is 5.54. The fraction of sp³-hybridized carbons (Fsp3) is 0.318. The number of aliphatic carboxylic acids is 2. The Morgan fingerprint density at radius 1 is 1.21 bits per heavy atom. The molecule has 0 saturated carbocycles. The molecule has 234 valence electrons. The van der Waals surface area contributed by atoms with Gasteiger partial charge in [0.25, 0.3) is 11.8 Å². The number of nitrogens with zero attached hydrogens (tertiary/aromatic N) is 4. The molecule has 0 aromatic carbocycles. The molecule has 2 aliphatic rings. The van der Waals surface area contributed by atoms with Gasteiger partial charge in [-0.05, 0) is 13.8 Å². The SMILES string of the molecule is CC(C)(O/N=C(/C(=O)NC1C(=O)N2C(C(=O)[O-])=C(C[n+]3ccccc3)CSC12)c1csc(N)n1)C(=O)O.O.O.O.O.O. The Morgan fingerprint density at radius 3 is 2.36 bits per heavy atom. The van der Waals surface area contributed by atoms with E-state index in [2.05, 4.69) is 15.5 Å². The van der Waals surface area contributed by atoms with E-state index >= 15 is 0 Å². The zero-order valence-electron chi connectivity index (χ0n) is 22.1. The highest BCUT2D eigenvalue weighted by Crippen LogP contribution is 2.40. The molecule has 0 spiro atoms. The molecule has 2 aromatic heterocycles. The highest BCUT2D eigenvalue weighted by atomic mass is 32.2. The van der Waals surface area contributed by atoms with Crippen molar-refractivity contribution in [1.29, 1.82) is 0 Å². The van der Waals surface area contributed by atoms with Crippen LogP contribution in [0.3, 0.4) is 0 Å². The minimum absolute atomic E-state index is 0. The van der Waals surface area contributed by atoms with Crippen LogP contribution in [0.4, 0.5) is 5.13 Å². The van der Waals surface area contributed by atoms with Crippen LogP contribution in [0.25, 0.3) is 0 Å². The molecule has 2 aromatic rings. The van der Waals surface area contributed by atoms with E-state index < -0.39 is 40.8 Å². The number of nitrogens with one attached hydrogen (secondary N) is 1. The number of thioether (sulfide) groups is 1. The molecule has 0 bridgehead atoms.